The molecule has 0 saturated heterocycles. The fraction of sp³-hybridized carbons (Fsp3) is 0.176. The number of hydrogen-bond acceptors (Lipinski definition) is 3. The van der Waals surface area contributed by atoms with E-state index in [1.807, 2.05) is 0 Å². The van der Waals surface area contributed by atoms with E-state index < -0.39 is 17.9 Å². The molecule has 0 aliphatic heterocycles. The van der Waals surface area contributed by atoms with Crippen molar-refractivity contribution in [2.75, 3.05) is 0 Å². The van der Waals surface area contributed by atoms with Gasteiger partial charge in [-0.3, -0.25) is 4.79 Å². The molecule has 0 radical (unpaired) electrons. The Hall–Kier alpha value is -3.09. The number of furan rings is 1. The van der Waals surface area contributed by atoms with Crippen LogP contribution in [0.5, 0.6) is 0 Å². The fourth-order valence-electron chi connectivity index (χ4n) is 2.58. The molecule has 0 fully saturated rings. The maximum atomic E-state index is 13.2. The number of aliphatic carboxylic acids is 1. The van der Waals surface area contributed by atoms with Gasteiger partial charge >= 0.3 is 5.97 Å². The SMILES string of the molecule is Cc1ccoc1C(=O)NC(Cc1c[nH]c2cc(F)ccc12)C(=O)O. The summed E-state index contributed by atoms with van der Waals surface area (Å²) < 4.78 is 18.3. The van der Waals surface area contributed by atoms with Crippen LogP contribution in [0.25, 0.3) is 10.9 Å². The highest BCUT2D eigenvalue weighted by Gasteiger charge is 2.24. The number of aromatic amines is 1. The molecule has 1 atom stereocenters. The van der Waals surface area contributed by atoms with E-state index in [0.717, 1.165) is 0 Å². The van der Waals surface area contributed by atoms with E-state index in [1.54, 1.807) is 25.3 Å². The number of benzene rings is 1. The van der Waals surface area contributed by atoms with Gasteiger partial charge in [0.05, 0.1) is 6.26 Å². The number of fused-ring (bicyclic) bond motifs is 1. The van der Waals surface area contributed by atoms with Gasteiger partial charge in [0.1, 0.15) is 11.9 Å². The van der Waals surface area contributed by atoms with Crippen LogP contribution in [0.4, 0.5) is 4.39 Å². The van der Waals surface area contributed by atoms with Crippen LogP contribution in [0, 0.1) is 12.7 Å². The van der Waals surface area contributed by atoms with Crippen LogP contribution in [0.3, 0.4) is 0 Å². The van der Waals surface area contributed by atoms with Gasteiger partial charge in [0.15, 0.2) is 5.76 Å². The molecule has 0 aliphatic carbocycles. The van der Waals surface area contributed by atoms with Crippen LogP contribution in [0.15, 0.2) is 41.1 Å². The van der Waals surface area contributed by atoms with Gasteiger partial charge in [-0.2, -0.15) is 0 Å². The third-order valence-electron chi connectivity index (χ3n) is 3.83. The van der Waals surface area contributed by atoms with Crippen molar-refractivity contribution in [3.63, 3.8) is 0 Å². The standard InChI is InChI=1S/C17H15FN2O4/c1-9-4-5-24-15(9)16(21)20-14(17(22)23)6-10-8-19-13-7-11(18)2-3-12(10)13/h2-5,7-8,14,19H,6H2,1H3,(H,20,21)(H,22,23). The Bertz CT molecular complexity index is 912. The molecule has 3 N–H and O–H groups in total. The van der Waals surface area contributed by atoms with Crippen molar-refractivity contribution in [3.05, 3.63) is 59.4 Å². The van der Waals surface area contributed by atoms with E-state index >= 15 is 0 Å². The summed E-state index contributed by atoms with van der Waals surface area (Å²) in [4.78, 5) is 26.5. The minimum atomic E-state index is -1.16. The number of H-pyrrole nitrogens is 1. The molecule has 2 heterocycles. The number of aromatic nitrogens is 1. The maximum Gasteiger partial charge on any atom is 0.326 e. The number of rotatable bonds is 5. The topological polar surface area (TPSA) is 95.3 Å². The molecule has 0 aliphatic rings. The van der Waals surface area contributed by atoms with Crippen molar-refractivity contribution in [3.8, 4) is 0 Å². The van der Waals surface area contributed by atoms with Crippen LogP contribution in [0.1, 0.15) is 21.7 Å². The highest BCUT2D eigenvalue weighted by atomic mass is 19.1. The van der Waals surface area contributed by atoms with Gasteiger partial charge in [-0.25, -0.2) is 9.18 Å². The van der Waals surface area contributed by atoms with Crippen LogP contribution in [-0.4, -0.2) is 28.0 Å². The number of carboxylic acids is 1. The summed E-state index contributed by atoms with van der Waals surface area (Å²) >= 11 is 0. The van der Waals surface area contributed by atoms with Crippen LogP contribution < -0.4 is 5.32 Å². The molecule has 124 valence electrons. The highest BCUT2D eigenvalue weighted by Crippen LogP contribution is 2.21. The van der Waals surface area contributed by atoms with E-state index in [2.05, 4.69) is 10.3 Å². The summed E-state index contributed by atoms with van der Waals surface area (Å²) in [5, 5.41) is 12.6. The summed E-state index contributed by atoms with van der Waals surface area (Å²) in [5.41, 5.74) is 1.87. The van der Waals surface area contributed by atoms with E-state index in [4.69, 9.17) is 4.42 Å². The van der Waals surface area contributed by atoms with Crippen molar-refractivity contribution in [2.45, 2.75) is 19.4 Å². The molecule has 1 unspecified atom stereocenters. The number of carbonyl (C=O) groups is 2. The second-order valence-electron chi connectivity index (χ2n) is 5.50. The minimum absolute atomic E-state index is 0.0620. The lowest BCUT2D eigenvalue weighted by molar-refractivity contribution is -0.139. The number of carboxylic acid groups (broad SMARTS) is 1. The zero-order valence-electron chi connectivity index (χ0n) is 12.8. The Kier molecular flexibility index (Phi) is 4.07. The van der Waals surface area contributed by atoms with Crippen molar-refractivity contribution in [1.29, 1.82) is 0 Å². The van der Waals surface area contributed by atoms with Gasteiger partial charge in [0.25, 0.3) is 5.91 Å². The van der Waals surface area contributed by atoms with Crippen LogP contribution in [-0.2, 0) is 11.2 Å². The molecule has 0 bridgehead atoms. The monoisotopic (exact) mass is 330 g/mol. The van der Waals surface area contributed by atoms with Crippen molar-refractivity contribution < 1.29 is 23.5 Å². The summed E-state index contributed by atoms with van der Waals surface area (Å²) in [5.74, 6) is -2.05. The van der Waals surface area contributed by atoms with E-state index in [1.165, 1.54) is 18.4 Å². The van der Waals surface area contributed by atoms with Gasteiger partial charge in [-0.05, 0) is 36.8 Å². The maximum absolute atomic E-state index is 13.2. The normalized spacial score (nSPS) is 12.2. The first-order valence-electron chi connectivity index (χ1n) is 7.29. The molecule has 7 heteroatoms. The quantitative estimate of drug-likeness (QED) is 0.670. The van der Waals surface area contributed by atoms with E-state index in [0.29, 0.717) is 22.0 Å². The van der Waals surface area contributed by atoms with Gasteiger partial charge < -0.3 is 19.8 Å². The molecule has 24 heavy (non-hydrogen) atoms. The highest BCUT2D eigenvalue weighted by molar-refractivity contribution is 5.95. The van der Waals surface area contributed by atoms with Gasteiger partial charge in [0, 0.05) is 29.1 Å². The third kappa shape index (κ3) is 3.01. The average molecular weight is 330 g/mol. The Labute approximate surface area is 136 Å². The van der Waals surface area contributed by atoms with Crippen LogP contribution in [0.2, 0.25) is 0 Å². The van der Waals surface area contributed by atoms with Crippen molar-refractivity contribution >= 4 is 22.8 Å². The van der Waals surface area contributed by atoms with Gasteiger partial charge in [-0.1, -0.05) is 0 Å². The first-order chi connectivity index (χ1) is 11.5. The molecule has 6 nitrogen and oxygen atoms in total. The molecular formula is C17H15FN2O4. The summed E-state index contributed by atoms with van der Waals surface area (Å²) in [7, 11) is 0. The third-order valence-corrected chi connectivity index (χ3v) is 3.83. The summed E-state index contributed by atoms with van der Waals surface area (Å²) in [6, 6.07) is 4.71. The van der Waals surface area contributed by atoms with Crippen LogP contribution >= 0.6 is 0 Å². The minimum Gasteiger partial charge on any atom is -0.480 e. The van der Waals surface area contributed by atoms with Gasteiger partial charge in [0.2, 0.25) is 0 Å². The summed E-state index contributed by atoms with van der Waals surface area (Å²) in [6.45, 7) is 1.70. The average Bonchev–Trinajstić information content (AvgIpc) is 3.12. The van der Waals surface area contributed by atoms with E-state index in [9.17, 15) is 19.1 Å². The number of halogens is 1. The lowest BCUT2D eigenvalue weighted by atomic mass is 10.0. The number of amides is 1. The number of carbonyl (C=O) groups excluding carboxylic acids is 1. The predicted molar refractivity (Wildman–Crippen MR) is 84.3 cm³/mol. The molecular weight excluding hydrogens is 315 g/mol. The molecule has 1 amide bonds. The lowest BCUT2D eigenvalue weighted by Gasteiger charge is -2.13. The number of hydrogen-bond donors (Lipinski definition) is 3. The largest absolute Gasteiger partial charge is 0.480 e. The lowest BCUT2D eigenvalue weighted by Crippen LogP contribution is -2.42. The van der Waals surface area contributed by atoms with Crippen molar-refractivity contribution in [1.82, 2.24) is 10.3 Å². The molecule has 0 spiro atoms. The van der Waals surface area contributed by atoms with Gasteiger partial charge in [-0.15, -0.1) is 0 Å². The molecule has 2 aromatic heterocycles. The molecule has 3 rings (SSSR count). The Balaban J connectivity index is 1.82. The predicted octanol–water partition coefficient (Wildman–Crippen LogP) is 2.63. The second-order valence-corrected chi connectivity index (χ2v) is 5.50. The second kappa shape index (κ2) is 6.19. The summed E-state index contributed by atoms with van der Waals surface area (Å²) in [6.07, 6.45) is 3.05. The zero-order valence-corrected chi connectivity index (χ0v) is 12.8. The Morgan fingerprint density at radius 3 is 2.83 bits per heavy atom. The first-order valence-corrected chi connectivity index (χ1v) is 7.29. The first kappa shape index (κ1) is 15.8. The Morgan fingerprint density at radius 2 is 2.17 bits per heavy atom. The molecule has 3 aromatic rings. The molecule has 0 saturated carbocycles. The van der Waals surface area contributed by atoms with Crippen molar-refractivity contribution in [2.24, 2.45) is 0 Å². The number of nitrogens with one attached hydrogen (secondary N) is 2. The fourth-order valence-corrected chi connectivity index (χ4v) is 2.58. The molecule has 1 aromatic carbocycles. The van der Waals surface area contributed by atoms with E-state index in [-0.39, 0.29) is 18.0 Å². The smallest absolute Gasteiger partial charge is 0.326 e. The number of aryl methyl sites for hydroxylation is 1. The Morgan fingerprint density at radius 1 is 1.38 bits per heavy atom. The zero-order chi connectivity index (χ0) is 17.3.